The van der Waals surface area contributed by atoms with E-state index in [1.807, 2.05) is 6.92 Å². The van der Waals surface area contributed by atoms with Crippen molar-refractivity contribution in [3.63, 3.8) is 0 Å². The van der Waals surface area contributed by atoms with E-state index in [4.69, 9.17) is 5.11 Å². The van der Waals surface area contributed by atoms with Crippen LogP contribution in [-0.2, 0) is 0 Å². The Kier molecular flexibility index (Phi) is 3.93. The van der Waals surface area contributed by atoms with E-state index >= 15 is 0 Å². The first-order valence-corrected chi connectivity index (χ1v) is 4.88. The van der Waals surface area contributed by atoms with E-state index in [-0.39, 0.29) is 11.6 Å². The van der Waals surface area contributed by atoms with Gasteiger partial charge in [0.15, 0.2) is 6.10 Å². The molecule has 1 aromatic carbocycles. The highest BCUT2D eigenvalue weighted by Crippen LogP contribution is 2.33. The number of benzene rings is 1. The van der Waals surface area contributed by atoms with Crippen LogP contribution in [-0.4, -0.2) is 18.3 Å². The van der Waals surface area contributed by atoms with Crippen molar-refractivity contribution in [3.05, 3.63) is 35.4 Å². The number of nitrogens with one attached hydrogen (secondary N) is 1. The highest BCUT2D eigenvalue weighted by atomic mass is 19.4. The fourth-order valence-corrected chi connectivity index (χ4v) is 1.35. The summed E-state index contributed by atoms with van der Waals surface area (Å²) in [6.07, 6.45) is -7.04. The van der Waals surface area contributed by atoms with E-state index in [1.54, 1.807) is 13.1 Å². The third kappa shape index (κ3) is 2.96. The molecular formula is C11H14F3NO. The minimum atomic E-state index is -4.62. The molecule has 0 saturated carbocycles. The first-order chi connectivity index (χ1) is 7.36. The molecule has 90 valence electrons. The van der Waals surface area contributed by atoms with Gasteiger partial charge >= 0.3 is 6.18 Å². The fourth-order valence-electron chi connectivity index (χ4n) is 1.35. The van der Waals surface area contributed by atoms with Crippen LogP contribution in [0.4, 0.5) is 13.2 Å². The second-order valence-electron chi connectivity index (χ2n) is 3.62. The van der Waals surface area contributed by atoms with Gasteiger partial charge in [-0.2, -0.15) is 13.2 Å². The van der Waals surface area contributed by atoms with Gasteiger partial charge in [0.1, 0.15) is 0 Å². The van der Waals surface area contributed by atoms with Crippen molar-refractivity contribution in [2.45, 2.75) is 25.2 Å². The average molecular weight is 233 g/mol. The molecule has 1 aromatic rings. The number of hydrogen-bond donors (Lipinski definition) is 2. The van der Waals surface area contributed by atoms with Crippen LogP contribution in [0.1, 0.15) is 30.2 Å². The van der Waals surface area contributed by atoms with Crippen LogP contribution in [0.3, 0.4) is 0 Å². The van der Waals surface area contributed by atoms with Crippen LogP contribution in [0.5, 0.6) is 0 Å². The zero-order chi connectivity index (χ0) is 12.3. The van der Waals surface area contributed by atoms with Crippen LogP contribution in [0.15, 0.2) is 24.3 Å². The minimum Gasteiger partial charge on any atom is -0.379 e. The molecule has 0 saturated heterocycles. The summed E-state index contributed by atoms with van der Waals surface area (Å²) >= 11 is 0. The molecule has 2 N–H and O–H groups in total. The Morgan fingerprint density at radius 2 is 1.81 bits per heavy atom. The van der Waals surface area contributed by atoms with Crippen molar-refractivity contribution in [2.24, 2.45) is 0 Å². The molecular weight excluding hydrogens is 219 g/mol. The summed E-state index contributed by atoms with van der Waals surface area (Å²) in [5.41, 5.74) is 0.579. The first kappa shape index (κ1) is 13.0. The summed E-state index contributed by atoms with van der Waals surface area (Å²) in [5.74, 6) is 0. The summed E-state index contributed by atoms with van der Waals surface area (Å²) < 4.78 is 36.9. The summed E-state index contributed by atoms with van der Waals surface area (Å²) in [7, 11) is 1.72. The zero-order valence-corrected chi connectivity index (χ0v) is 9.05. The van der Waals surface area contributed by atoms with E-state index in [9.17, 15) is 13.2 Å². The van der Waals surface area contributed by atoms with Crippen molar-refractivity contribution in [1.82, 2.24) is 5.32 Å². The van der Waals surface area contributed by atoms with E-state index in [2.05, 4.69) is 5.32 Å². The third-order valence-electron chi connectivity index (χ3n) is 2.47. The van der Waals surface area contributed by atoms with Crippen LogP contribution >= 0.6 is 0 Å². The van der Waals surface area contributed by atoms with Crippen LogP contribution in [0.25, 0.3) is 0 Å². The van der Waals surface area contributed by atoms with E-state index < -0.39 is 12.3 Å². The average Bonchev–Trinajstić information content (AvgIpc) is 2.26. The fraction of sp³-hybridized carbons (Fsp3) is 0.455. The number of hydrogen-bond acceptors (Lipinski definition) is 2. The number of aliphatic hydroxyl groups excluding tert-OH is 1. The Hall–Kier alpha value is -1.07. The van der Waals surface area contributed by atoms with Gasteiger partial charge in [-0.15, -0.1) is 0 Å². The van der Waals surface area contributed by atoms with Gasteiger partial charge in [-0.25, -0.2) is 0 Å². The maximum absolute atomic E-state index is 12.3. The zero-order valence-electron chi connectivity index (χ0n) is 9.05. The molecule has 5 heteroatoms. The Labute approximate surface area is 92.1 Å². The largest absolute Gasteiger partial charge is 0.418 e. The maximum Gasteiger partial charge on any atom is 0.418 e. The lowest BCUT2D eigenvalue weighted by molar-refractivity contribution is -0.206. The second-order valence-corrected chi connectivity index (χ2v) is 3.62. The molecule has 16 heavy (non-hydrogen) atoms. The van der Waals surface area contributed by atoms with E-state index in [0.717, 1.165) is 0 Å². The monoisotopic (exact) mass is 233 g/mol. The van der Waals surface area contributed by atoms with Gasteiger partial charge in [-0.1, -0.05) is 24.3 Å². The van der Waals surface area contributed by atoms with Crippen LogP contribution in [0.2, 0.25) is 0 Å². The maximum atomic E-state index is 12.3. The molecule has 2 unspecified atom stereocenters. The predicted molar refractivity (Wildman–Crippen MR) is 54.9 cm³/mol. The lowest BCUT2D eigenvalue weighted by Gasteiger charge is -2.17. The highest BCUT2D eigenvalue weighted by molar-refractivity contribution is 5.27. The van der Waals surface area contributed by atoms with Gasteiger partial charge in [0.25, 0.3) is 0 Å². The molecule has 2 nitrogen and oxygen atoms in total. The Morgan fingerprint density at radius 1 is 1.25 bits per heavy atom. The molecule has 0 fully saturated rings. The van der Waals surface area contributed by atoms with Crippen molar-refractivity contribution in [3.8, 4) is 0 Å². The summed E-state index contributed by atoms with van der Waals surface area (Å²) in [6.45, 7) is 1.83. The second kappa shape index (κ2) is 4.84. The van der Waals surface area contributed by atoms with Gasteiger partial charge in [-0.3, -0.25) is 0 Å². The third-order valence-corrected chi connectivity index (χ3v) is 2.47. The Morgan fingerprint density at radius 3 is 2.31 bits per heavy atom. The van der Waals surface area contributed by atoms with Crippen molar-refractivity contribution < 1.29 is 18.3 Å². The normalized spacial score (nSPS) is 15.9. The molecule has 0 radical (unpaired) electrons. The molecule has 0 spiro atoms. The lowest BCUT2D eigenvalue weighted by Crippen LogP contribution is -2.21. The van der Waals surface area contributed by atoms with Crippen LogP contribution < -0.4 is 5.32 Å². The predicted octanol–water partition coefficient (Wildman–Crippen LogP) is 2.56. The van der Waals surface area contributed by atoms with Crippen molar-refractivity contribution in [1.29, 1.82) is 0 Å². The minimum absolute atomic E-state index is 0.0552. The van der Waals surface area contributed by atoms with Gasteiger partial charge in [0, 0.05) is 6.04 Å². The molecule has 2 atom stereocenters. The molecule has 0 aliphatic rings. The van der Waals surface area contributed by atoms with Gasteiger partial charge in [0.2, 0.25) is 0 Å². The van der Waals surface area contributed by atoms with Crippen molar-refractivity contribution in [2.75, 3.05) is 7.05 Å². The lowest BCUT2D eigenvalue weighted by atomic mass is 10.0. The number of aliphatic hydroxyl groups is 1. The standard InChI is InChI=1S/C11H14F3NO/c1-7(15-2)8-4-3-5-9(6-8)10(16)11(12,13)14/h3-7,10,15-16H,1-2H3. The summed E-state index contributed by atoms with van der Waals surface area (Å²) in [6, 6.07) is 5.80. The molecule has 1 rings (SSSR count). The van der Waals surface area contributed by atoms with E-state index in [0.29, 0.717) is 5.56 Å². The van der Waals surface area contributed by atoms with E-state index in [1.165, 1.54) is 18.2 Å². The Balaban J connectivity index is 2.99. The SMILES string of the molecule is CNC(C)c1cccc(C(O)C(F)(F)F)c1. The number of rotatable bonds is 3. The topological polar surface area (TPSA) is 32.3 Å². The number of alkyl halides is 3. The Bertz CT molecular complexity index is 351. The smallest absolute Gasteiger partial charge is 0.379 e. The number of halogens is 3. The van der Waals surface area contributed by atoms with Crippen molar-refractivity contribution >= 4 is 0 Å². The molecule has 0 aliphatic carbocycles. The summed E-state index contributed by atoms with van der Waals surface area (Å²) in [4.78, 5) is 0. The molecule has 0 heterocycles. The van der Waals surface area contributed by atoms with Crippen LogP contribution in [0, 0.1) is 0 Å². The molecule has 0 aromatic heterocycles. The summed E-state index contributed by atoms with van der Waals surface area (Å²) in [5, 5.41) is 12.0. The molecule has 0 amide bonds. The molecule has 0 bridgehead atoms. The van der Waals surface area contributed by atoms with Gasteiger partial charge < -0.3 is 10.4 Å². The molecule has 0 aliphatic heterocycles. The highest BCUT2D eigenvalue weighted by Gasteiger charge is 2.39. The van der Waals surface area contributed by atoms with Gasteiger partial charge in [-0.05, 0) is 25.1 Å². The quantitative estimate of drug-likeness (QED) is 0.841. The first-order valence-electron chi connectivity index (χ1n) is 4.88. The van der Waals surface area contributed by atoms with Gasteiger partial charge in [0.05, 0.1) is 0 Å².